The molecule has 1 aromatic carbocycles. The number of fused-ring (bicyclic) bond motifs is 1. The third-order valence-corrected chi connectivity index (χ3v) is 7.70. The normalized spacial score (nSPS) is 26.4. The highest BCUT2D eigenvalue weighted by Crippen LogP contribution is 2.47. The van der Waals surface area contributed by atoms with E-state index in [4.69, 9.17) is 4.74 Å². The summed E-state index contributed by atoms with van der Waals surface area (Å²) in [5.41, 5.74) is -0.831. The number of halogens is 6. The van der Waals surface area contributed by atoms with Crippen molar-refractivity contribution in [1.29, 1.82) is 0 Å². The molecule has 2 aliphatic rings. The molecule has 2 N–H and O–H groups in total. The van der Waals surface area contributed by atoms with E-state index in [1.165, 1.54) is 24.3 Å². The zero-order chi connectivity index (χ0) is 26.5. The first kappa shape index (κ1) is 26.5. The van der Waals surface area contributed by atoms with Crippen LogP contribution in [-0.4, -0.2) is 34.4 Å². The number of rotatable bonds is 6. The van der Waals surface area contributed by atoms with Gasteiger partial charge in [0.1, 0.15) is 11.3 Å². The maximum atomic E-state index is 14.0. The van der Waals surface area contributed by atoms with Crippen molar-refractivity contribution in [1.82, 2.24) is 10.3 Å². The number of ether oxygens (including phenoxy) is 1. The molecule has 5 nitrogen and oxygen atoms in total. The summed E-state index contributed by atoms with van der Waals surface area (Å²) in [6.45, 7) is 3.97. The van der Waals surface area contributed by atoms with Gasteiger partial charge in [-0.25, -0.2) is 0 Å². The molecule has 2 unspecified atom stereocenters. The van der Waals surface area contributed by atoms with Crippen LogP contribution in [0.3, 0.4) is 0 Å². The van der Waals surface area contributed by atoms with E-state index in [1.807, 2.05) is 13.8 Å². The third kappa shape index (κ3) is 5.26. The molecule has 0 bridgehead atoms. The number of carboxylic acid groups (broad SMARTS) is 1. The highest BCUT2D eigenvalue weighted by Gasteiger charge is 2.51. The Hall–Kier alpha value is -2.56. The Balaban J connectivity index is 1.50. The quantitative estimate of drug-likeness (QED) is 0.437. The van der Waals surface area contributed by atoms with E-state index in [1.54, 1.807) is 0 Å². The number of nitrogens with zero attached hydrogens (tertiary/aromatic N) is 1. The van der Waals surface area contributed by atoms with Crippen LogP contribution in [0.5, 0.6) is 5.75 Å². The first-order chi connectivity index (χ1) is 16.7. The summed E-state index contributed by atoms with van der Waals surface area (Å²) in [7, 11) is 0. The number of carboxylic acids is 1. The van der Waals surface area contributed by atoms with Crippen molar-refractivity contribution < 1.29 is 41.0 Å². The fourth-order valence-electron chi connectivity index (χ4n) is 5.32. The number of hydrogen-bond donors (Lipinski definition) is 2. The van der Waals surface area contributed by atoms with Gasteiger partial charge < -0.3 is 15.2 Å². The number of alkyl halides is 6. The highest BCUT2D eigenvalue weighted by molar-refractivity contribution is 5.85. The van der Waals surface area contributed by atoms with E-state index in [0.717, 1.165) is 0 Å². The van der Waals surface area contributed by atoms with Gasteiger partial charge in [0.05, 0.1) is 29.2 Å². The Bertz CT molecular complexity index is 1120. The van der Waals surface area contributed by atoms with Gasteiger partial charge in [-0.15, -0.1) is 0 Å². The Morgan fingerprint density at radius 2 is 1.75 bits per heavy atom. The van der Waals surface area contributed by atoms with E-state index >= 15 is 0 Å². The first-order valence-corrected chi connectivity index (χ1v) is 11.9. The van der Waals surface area contributed by atoms with Crippen LogP contribution in [0.4, 0.5) is 26.3 Å². The van der Waals surface area contributed by atoms with E-state index < -0.39 is 53.0 Å². The van der Waals surface area contributed by atoms with E-state index in [9.17, 15) is 36.2 Å². The minimum atomic E-state index is -4.75. The lowest BCUT2D eigenvalue weighted by Gasteiger charge is -2.50. The monoisotopic (exact) mass is 518 g/mol. The molecule has 36 heavy (non-hydrogen) atoms. The Morgan fingerprint density at radius 3 is 2.31 bits per heavy atom. The molecule has 0 saturated heterocycles. The standard InChI is InChI=1S/C25H28F6N2O3/c1-23(2)17(22(34)35)11-20(23)32-12-14-5-8-16-18(33-14)9-10-19(21(16)25(29,30)31)36-15-6-3-13(4-7-15)24(26,27)28/h5,8-10,13,15,17,20,32H,3-4,6-7,11-12H2,1-2H3,(H,34,35)/t13-,15+,17?,20?. The molecule has 198 valence electrons. The van der Waals surface area contributed by atoms with Crippen LogP contribution >= 0.6 is 0 Å². The number of nitrogens with one attached hydrogen (secondary N) is 1. The Labute approximate surface area is 204 Å². The van der Waals surface area contributed by atoms with Crippen LogP contribution in [0.15, 0.2) is 24.3 Å². The predicted octanol–water partition coefficient (Wildman–Crippen LogP) is 6.34. The highest BCUT2D eigenvalue weighted by atomic mass is 19.4. The average molecular weight is 518 g/mol. The van der Waals surface area contributed by atoms with Crippen molar-refractivity contribution in [2.45, 2.75) is 77.0 Å². The van der Waals surface area contributed by atoms with Crippen LogP contribution in [-0.2, 0) is 17.5 Å². The van der Waals surface area contributed by atoms with Gasteiger partial charge in [-0.05, 0) is 55.7 Å². The minimum absolute atomic E-state index is 0.0304. The second-order valence-electron chi connectivity index (χ2n) is 10.3. The lowest BCUT2D eigenvalue weighted by molar-refractivity contribution is -0.185. The van der Waals surface area contributed by atoms with Crippen LogP contribution in [0, 0.1) is 17.3 Å². The van der Waals surface area contributed by atoms with Crippen LogP contribution in [0.25, 0.3) is 10.9 Å². The van der Waals surface area contributed by atoms with Crippen molar-refractivity contribution in [2.75, 3.05) is 0 Å². The number of aromatic nitrogens is 1. The van der Waals surface area contributed by atoms with Crippen LogP contribution < -0.4 is 10.1 Å². The van der Waals surface area contributed by atoms with Crippen molar-refractivity contribution in [3.8, 4) is 5.75 Å². The Morgan fingerprint density at radius 1 is 1.08 bits per heavy atom. The van der Waals surface area contributed by atoms with Gasteiger partial charge >= 0.3 is 18.3 Å². The largest absolute Gasteiger partial charge is 0.490 e. The van der Waals surface area contributed by atoms with Crippen molar-refractivity contribution in [3.05, 3.63) is 35.5 Å². The van der Waals surface area contributed by atoms with Gasteiger partial charge in [0.2, 0.25) is 0 Å². The fourth-order valence-corrected chi connectivity index (χ4v) is 5.32. The van der Waals surface area contributed by atoms with E-state index in [-0.39, 0.29) is 49.2 Å². The number of aliphatic carboxylic acids is 1. The predicted molar refractivity (Wildman–Crippen MR) is 119 cm³/mol. The van der Waals surface area contributed by atoms with Crippen molar-refractivity contribution in [3.63, 3.8) is 0 Å². The second-order valence-corrected chi connectivity index (χ2v) is 10.3. The molecular weight excluding hydrogens is 490 g/mol. The molecule has 1 aromatic heterocycles. The third-order valence-electron chi connectivity index (χ3n) is 7.70. The molecule has 0 aliphatic heterocycles. The molecule has 2 saturated carbocycles. The maximum Gasteiger partial charge on any atom is 0.420 e. The van der Waals surface area contributed by atoms with Gasteiger partial charge in [0.15, 0.2) is 0 Å². The smallest absolute Gasteiger partial charge is 0.420 e. The van der Waals surface area contributed by atoms with Gasteiger partial charge in [0, 0.05) is 18.0 Å². The molecule has 0 spiro atoms. The summed E-state index contributed by atoms with van der Waals surface area (Å²) in [6, 6.07) is 5.33. The van der Waals surface area contributed by atoms with Crippen LogP contribution in [0.2, 0.25) is 0 Å². The molecule has 2 aliphatic carbocycles. The first-order valence-electron chi connectivity index (χ1n) is 11.9. The average Bonchev–Trinajstić information content (AvgIpc) is 2.76. The summed E-state index contributed by atoms with van der Waals surface area (Å²) < 4.78 is 86.4. The summed E-state index contributed by atoms with van der Waals surface area (Å²) in [5.74, 6) is -3.18. The number of pyridine rings is 1. The molecule has 0 radical (unpaired) electrons. The van der Waals surface area contributed by atoms with Crippen molar-refractivity contribution >= 4 is 16.9 Å². The summed E-state index contributed by atoms with van der Waals surface area (Å²) >= 11 is 0. The molecule has 4 rings (SSSR count). The van der Waals surface area contributed by atoms with E-state index in [2.05, 4.69) is 10.3 Å². The van der Waals surface area contributed by atoms with Gasteiger partial charge in [-0.2, -0.15) is 26.3 Å². The fraction of sp³-hybridized carbons (Fsp3) is 0.600. The topological polar surface area (TPSA) is 71.5 Å². The second kappa shape index (κ2) is 9.39. The number of carbonyl (C=O) groups is 1. The molecule has 11 heteroatoms. The molecule has 1 heterocycles. The zero-order valence-corrected chi connectivity index (χ0v) is 19.8. The SMILES string of the molecule is CC1(C)C(NCc2ccc3c(C(F)(F)F)c(O[C@H]4CC[C@@H](C(F)(F)F)CC4)ccc3n2)CC1C(=O)O. The lowest BCUT2D eigenvalue weighted by Crippen LogP contribution is -2.59. The molecular formula is C25H28F6N2O3. The number of hydrogen-bond acceptors (Lipinski definition) is 4. The molecule has 0 amide bonds. The summed E-state index contributed by atoms with van der Waals surface area (Å²) in [6.07, 6.45) is -9.61. The number of benzene rings is 1. The van der Waals surface area contributed by atoms with Gasteiger partial charge in [0.25, 0.3) is 0 Å². The van der Waals surface area contributed by atoms with E-state index in [0.29, 0.717) is 12.1 Å². The molecule has 2 aromatic rings. The summed E-state index contributed by atoms with van der Waals surface area (Å²) in [4.78, 5) is 15.6. The van der Waals surface area contributed by atoms with Gasteiger partial charge in [-0.3, -0.25) is 9.78 Å². The molecule has 2 fully saturated rings. The minimum Gasteiger partial charge on any atom is -0.490 e. The Kier molecular flexibility index (Phi) is 6.91. The zero-order valence-electron chi connectivity index (χ0n) is 19.8. The maximum absolute atomic E-state index is 14.0. The van der Waals surface area contributed by atoms with Crippen molar-refractivity contribution in [2.24, 2.45) is 17.3 Å². The van der Waals surface area contributed by atoms with Gasteiger partial charge in [-0.1, -0.05) is 19.9 Å². The molecule has 2 atom stereocenters. The summed E-state index contributed by atoms with van der Waals surface area (Å²) in [5, 5.41) is 12.4. The lowest BCUT2D eigenvalue weighted by atomic mass is 9.58. The van der Waals surface area contributed by atoms with Crippen LogP contribution in [0.1, 0.15) is 57.2 Å².